The Kier molecular flexibility index (Phi) is 5.21. The zero-order valence-electron chi connectivity index (χ0n) is 13.8. The Morgan fingerprint density at radius 2 is 2.36 bits per heavy atom. The predicted molar refractivity (Wildman–Crippen MR) is 102 cm³/mol. The van der Waals surface area contributed by atoms with Gasteiger partial charge in [-0.15, -0.1) is 11.3 Å². The van der Waals surface area contributed by atoms with Gasteiger partial charge in [-0.25, -0.2) is 0 Å². The number of hydrogen-bond donors (Lipinski definition) is 1. The van der Waals surface area contributed by atoms with Gasteiger partial charge in [0.05, 0.1) is 11.3 Å². The van der Waals surface area contributed by atoms with E-state index in [4.69, 9.17) is 4.84 Å². The maximum atomic E-state index is 12.5. The Morgan fingerprint density at radius 1 is 1.56 bits per heavy atom. The molecule has 5 nitrogen and oxygen atoms in total. The highest BCUT2D eigenvalue weighted by Crippen LogP contribution is 2.33. The van der Waals surface area contributed by atoms with Crippen molar-refractivity contribution in [3.8, 4) is 6.07 Å². The van der Waals surface area contributed by atoms with Crippen LogP contribution in [-0.2, 0) is 16.1 Å². The van der Waals surface area contributed by atoms with Crippen molar-refractivity contribution in [3.05, 3.63) is 50.3 Å². The topological polar surface area (TPSA) is 74.5 Å². The van der Waals surface area contributed by atoms with E-state index < -0.39 is 6.10 Å². The van der Waals surface area contributed by atoms with Gasteiger partial charge in [-0.1, -0.05) is 40.1 Å². The molecular weight excluding hydrogens is 402 g/mol. The van der Waals surface area contributed by atoms with E-state index in [1.807, 2.05) is 38.1 Å². The van der Waals surface area contributed by atoms with Crippen molar-refractivity contribution in [2.75, 3.05) is 5.32 Å². The predicted octanol–water partition coefficient (Wildman–Crippen LogP) is 4.38. The normalized spacial score (nSPS) is 16.1. The molecule has 1 atom stereocenters. The number of carbonyl (C=O) groups is 1. The number of amides is 1. The largest absolute Gasteiger partial charge is 0.382 e. The maximum absolute atomic E-state index is 12.5. The minimum Gasteiger partial charge on any atom is -0.382 e. The lowest BCUT2D eigenvalue weighted by atomic mass is 10.0. The van der Waals surface area contributed by atoms with E-state index in [0.29, 0.717) is 17.0 Å². The lowest BCUT2D eigenvalue weighted by Crippen LogP contribution is -2.28. The van der Waals surface area contributed by atoms with Gasteiger partial charge >= 0.3 is 0 Å². The van der Waals surface area contributed by atoms with Gasteiger partial charge in [0.2, 0.25) is 6.10 Å². The number of benzene rings is 1. The summed E-state index contributed by atoms with van der Waals surface area (Å²) in [6, 6.07) is 9.90. The number of thiophene rings is 1. The number of nitrogens with zero attached hydrogens (tertiary/aromatic N) is 2. The first-order valence-corrected chi connectivity index (χ1v) is 9.46. The molecule has 3 rings (SSSR count). The summed E-state index contributed by atoms with van der Waals surface area (Å²) in [5.74, 6) is -0.283. The van der Waals surface area contributed by atoms with Crippen LogP contribution in [0.4, 0.5) is 5.00 Å². The first-order chi connectivity index (χ1) is 12.0. The molecule has 2 heterocycles. The average Bonchev–Trinajstić information content (AvgIpc) is 3.19. The molecule has 1 aliphatic heterocycles. The van der Waals surface area contributed by atoms with Crippen LogP contribution < -0.4 is 5.32 Å². The van der Waals surface area contributed by atoms with Gasteiger partial charge in [-0.3, -0.25) is 4.79 Å². The van der Waals surface area contributed by atoms with Gasteiger partial charge in [0, 0.05) is 21.3 Å². The SMILES string of the molecule is CCc1c(C)sc(NC(=O)[C@H]2CC(c3cccc(Br)c3)=NO2)c1C#N. The van der Waals surface area contributed by atoms with Crippen molar-refractivity contribution in [2.45, 2.75) is 32.8 Å². The summed E-state index contributed by atoms with van der Waals surface area (Å²) < 4.78 is 0.945. The van der Waals surface area contributed by atoms with Crippen molar-refractivity contribution < 1.29 is 9.63 Å². The second-order valence-corrected chi connectivity index (χ2v) is 7.78. The van der Waals surface area contributed by atoms with Gasteiger partial charge in [0.1, 0.15) is 11.1 Å². The zero-order valence-corrected chi connectivity index (χ0v) is 16.2. The highest BCUT2D eigenvalue weighted by molar-refractivity contribution is 9.10. The molecule has 1 N–H and O–H groups in total. The number of rotatable bonds is 4. The quantitative estimate of drug-likeness (QED) is 0.801. The molecule has 1 aromatic heterocycles. The third-order valence-electron chi connectivity index (χ3n) is 4.03. The minimum absolute atomic E-state index is 0.283. The Balaban J connectivity index is 1.71. The van der Waals surface area contributed by atoms with Gasteiger partial charge in [-0.2, -0.15) is 5.26 Å². The summed E-state index contributed by atoms with van der Waals surface area (Å²) in [5, 5.41) is 16.8. The third-order valence-corrected chi connectivity index (χ3v) is 5.59. The average molecular weight is 418 g/mol. The molecule has 0 spiro atoms. The summed E-state index contributed by atoms with van der Waals surface area (Å²) in [4.78, 5) is 18.9. The highest BCUT2D eigenvalue weighted by Gasteiger charge is 2.30. The van der Waals surface area contributed by atoms with E-state index in [-0.39, 0.29) is 5.91 Å². The second-order valence-electron chi connectivity index (χ2n) is 5.64. The Labute approximate surface area is 158 Å². The van der Waals surface area contributed by atoms with Crippen molar-refractivity contribution >= 4 is 43.9 Å². The fourth-order valence-electron chi connectivity index (χ4n) is 2.76. The second kappa shape index (κ2) is 7.38. The summed E-state index contributed by atoms with van der Waals surface area (Å²) in [6.45, 7) is 3.96. The molecule has 0 radical (unpaired) electrons. The van der Waals surface area contributed by atoms with Gasteiger partial charge in [-0.05, 0) is 31.0 Å². The Morgan fingerprint density at radius 3 is 3.04 bits per heavy atom. The Bertz CT molecular complexity index is 898. The maximum Gasteiger partial charge on any atom is 0.269 e. The first-order valence-electron chi connectivity index (χ1n) is 7.85. The number of hydrogen-bond acceptors (Lipinski definition) is 5. The Hall–Kier alpha value is -2.17. The molecule has 0 unspecified atom stereocenters. The minimum atomic E-state index is -0.687. The van der Waals surface area contributed by atoms with Crippen molar-refractivity contribution in [1.29, 1.82) is 5.26 Å². The molecule has 1 aliphatic rings. The number of oxime groups is 1. The highest BCUT2D eigenvalue weighted by atomic mass is 79.9. The van der Waals surface area contributed by atoms with Crippen molar-refractivity contribution in [1.82, 2.24) is 0 Å². The number of aryl methyl sites for hydroxylation is 1. The number of halogens is 1. The fraction of sp³-hybridized carbons (Fsp3) is 0.278. The van der Waals surface area contributed by atoms with Gasteiger partial charge in [0.25, 0.3) is 5.91 Å². The molecule has 1 amide bonds. The number of nitriles is 1. The van der Waals surface area contributed by atoms with E-state index in [9.17, 15) is 10.1 Å². The van der Waals surface area contributed by atoms with Crippen LogP contribution in [0.3, 0.4) is 0 Å². The van der Waals surface area contributed by atoms with Gasteiger partial charge < -0.3 is 10.2 Å². The van der Waals surface area contributed by atoms with Crippen LogP contribution in [0.25, 0.3) is 0 Å². The van der Waals surface area contributed by atoms with E-state index in [1.54, 1.807) is 0 Å². The van der Waals surface area contributed by atoms with Crippen LogP contribution in [0, 0.1) is 18.3 Å². The molecule has 0 bridgehead atoms. The molecule has 0 saturated carbocycles. The van der Waals surface area contributed by atoms with Crippen LogP contribution in [0.2, 0.25) is 0 Å². The third kappa shape index (κ3) is 3.60. The smallest absolute Gasteiger partial charge is 0.269 e. The molecule has 128 valence electrons. The van der Waals surface area contributed by atoms with E-state index in [1.165, 1.54) is 11.3 Å². The zero-order chi connectivity index (χ0) is 18.0. The van der Waals surface area contributed by atoms with E-state index >= 15 is 0 Å². The fourth-order valence-corrected chi connectivity index (χ4v) is 4.26. The van der Waals surface area contributed by atoms with Crippen molar-refractivity contribution in [2.24, 2.45) is 5.16 Å². The molecule has 0 saturated heterocycles. The molecule has 25 heavy (non-hydrogen) atoms. The molecular formula is C18H16BrN3O2S. The summed E-state index contributed by atoms with van der Waals surface area (Å²) in [6.07, 6.45) is 0.472. The lowest BCUT2D eigenvalue weighted by Gasteiger charge is -2.08. The summed E-state index contributed by atoms with van der Waals surface area (Å²) in [5.41, 5.74) is 3.19. The van der Waals surface area contributed by atoms with E-state index in [2.05, 4.69) is 32.5 Å². The van der Waals surface area contributed by atoms with Gasteiger partial charge in [0.15, 0.2) is 0 Å². The standard InChI is InChI=1S/C18H16BrN3O2S/c1-3-13-10(2)25-18(14(13)9-20)21-17(23)16-8-15(22-24-16)11-5-4-6-12(19)7-11/h4-7,16H,3,8H2,1-2H3,(H,21,23)/t16-/m1/s1. The first kappa shape index (κ1) is 17.6. The monoisotopic (exact) mass is 417 g/mol. The summed E-state index contributed by atoms with van der Waals surface area (Å²) >= 11 is 4.85. The molecule has 1 aromatic carbocycles. The lowest BCUT2D eigenvalue weighted by molar-refractivity contribution is -0.125. The molecule has 7 heteroatoms. The molecule has 2 aromatic rings. The number of carbonyl (C=O) groups excluding carboxylic acids is 1. The number of anilines is 1. The van der Waals surface area contributed by atoms with Crippen LogP contribution >= 0.6 is 27.3 Å². The van der Waals surface area contributed by atoms with Crippen LogP contribution in [0.15, 0.2) is 33.9 Å². The van der Waals surface area contributed by atoms with Crippen LogP contribution in [-0.4, -0.2) is 17.7 Å². The van der Waals surface area contributed by atoms with Crippen molar-refractivity contribution in [3.63, 3.8) is 0 Å². The van der Waals surface area contributed by atoms with Crippen LogP contribution in [0.5, 0.6) is 0 Å². The van der Waals surface area contributed by atoms with E-state index in [0.717, 1.165) is 32.6 Å². The van der Waals surface area contributed by atoms with Crippen LogP contribution in [0.1, 0.15) is 34.9 Å². The number of nitrogens with one attached hydrogen (secondary N) is 1. The molecule has 0 aliphatic carbocycles. The molecule has 0 fully saturated rings. The summed E-state index contributed by atoms with van der Waals surface area (Å²) in [7, 11) is 0.